The van der Waals surface area contributed by atoms with Crippen LogP contribution in [0, 0.1) is 0 Å². The van der Waals surface area contributed by atoms with Crippen LogP contribution in [0.25, 0.3) is 0 Å². The van der Waals surface area contributed by atoms with E-state index in [0.717, 1.165) is 11.5 Å². The standard InChI is InChI=1S/C9H12N4O/c1-6-12-8(9(14)13(6)2)3-7-4-10-5-11-7/h4-5,8H,3H2,1-2H3,(H,10,11). The van der Waals surface area contributed by atoms with Crippen LogP contribution in [0.15, 0.2) is 17.5 Å². The summed E-state index contributed by atoms with van der Waals surface area (Å²) in [7, 11) is 1.74. The first kappa shape index (κ1) is 8.93. The fourth-order valence-electron chi connectivity index (χ4n) is 1.49. The van der Waals surface area contributed by atoms with Gasteiger partial charge in [0.1, 0.15) is 11.9 Å². The van der Waals surface area contributed by atoms with Gasteiger partial charge in [-0.25, -0.2) is 4.98 Å². The van der Waals surface area contributed by atoms with Gasteiger partial charge < -0.3 is 9.88 Å². The number of aromatic nitrogens is 2. The van der Waals surface area contributed by atoms with Gasteiger partial charge in [0.05, 0.1) is 6.33 Å². The van der Waals surface area contributed by atoms with E-state index in [4.69, 9.17) is 0 Å². The lowest BCUT2D eigenvalue weighted by atomic mass is 10.2. The summed E-state index contributed by atoms with van der Waals surface area (Å²) >= 11 is 0. The molecule has 0 aromatic carbocycles. The number of aromatic amines is 1. The van der Waals surface area contributed by atoms with Gasteiger partial charge in [-0.05, 0) is 6.92 Å². The van der Waals surface area contributed by atoms with Crippen molar-refractivity contribution in [3.05, 3.63) is 18.2 Å². The summed E-state index contributed by atoms with van der Waals surface area (Å²) in [5, 5.41) is 0. The van der Waals surface area contributed by atoms with Gasteiger partial charge in [0.25, 0.3) is 5.91 Å². The largest absolute Gasteiger partial charge is 0.348 e. The van der Waals surface area contributed by atoms with Gasteiger partial charge in [0.2, 0.25) is 0 Å². The zero-order valence-electron chi connectivity index (χ0n) is 8.19. The van der Waals surface area contributed by atoms with Crippen LogP contribution in [-0.4, -0.2) is 39.7 Å². The van der Waals surface area contributed by atoms with Crippen molar-refractivity contribution >= 4 is 11.7 Å². The molecule has 0 bridgehead atoms. The highest BCUT2D eigenvalue weighted by Crippen LogP contribution is 2.12. The van der Waals surface area contributed by atoms with E-state index in [2.05, 4.69) is 15.0 Å². The average molecular weight is 192 g/mol. The predicted molar refractivity (Wildman–Crippen MR) is 52.0 cm³/mol. The van der Waals surface area contributed by atoms with Crippen LogP contribution in [0.3, 0.4) is 0 Å². The third kappa shape index (κ3) is 1.41. The number of carbonyl (C=O) groups excluding carboxylic acids is 1. The number of imidazole rings is 1. The van der Waals surface area contributed by atoms with E-state index in [0.29, 0.717) is 6.42 Å². The van der Waals surface area contributed by atoms with E-state index in [1.165, 1.54) is 0 Å². The molecule has 0 saturated carbocycles. The molecule has 1 amide bonds. The minimum absolute atomic E-state index is 0.0529. The first-order valence-corrected chi connectivity index (χ1v) is 4.47. The SMILES string of the molecule is CC1=NC(Cc2cnc[nH]2)C(=O)N1C. The molecule has 1 aromatic heterocycles. The number of rotatable bonds is 2. The predicted octanol–water partition coefficient (Wildman–Crippen LogP) is 0.211. The number of nitrogens with zero attached hydrogens (tertiary/aromatic N) is 3. The fourth-order valence-corrected chi connectivity index (χ4v) is 1.49. The van der Waals surface area contributed by atoms with Crippen molar-refractivity contribution in [3.8, 4) is 0 Å². The number of nitrogens with one attached hydrogen (secondary N) is 1. The number of aliphatic imine (C=N–C) groups is 1. The van der Waals surface area contributed by atoms with Crippen LogP contribution in [-0.2, 0) is 11.2 Å². The molecule has 1 unspecified atom stereocenters. The second-order valence-electron chi connectivity index (χ2n) is 3.37. The Bertz CT molecular complexity index is 368. The summed E-state index contributed by atoms with van der Waals surface area (Å²) in [5.74, 6) is 0.830. The van der Waals surface area contributed by atoms with Gasteiger partial charge in [-0.3, -0.25) is 9.79 Å². The van der Waals surface area contributed by atoms with Crippen molar-refractivity contribution < 1.29 is 4.79 Å². The zero-order chi connectivity index (χ0) is 10.1. The Balaban J connectivity index is 2.11. The molecule has 1 aliphatic heterocycles. The Morgan fingerprint density at radius 1 is 1.64 bits per heavy atom. The third-order valence-corrected chi connectivity index (χ3v) is 2.41. The molecule has 1 aromatic rings. The van der Waals surface area contributed by atoms with Gasteiger partial charge in [-0.1, -0.05) is 0 Å². The Morgan fingerprint density at radius 2 is 2.43 bits per heavy atom. The Labute approximate surface area is 81.9 Å². The van der Waals surface area contributed by atoms with E-state index in [9.17, 15) is 4.79 Å². The maximum atomic E-state index is 11.6. The molecule has 1 atom stereocenters. The Hall–Kier alpha value is -1.65. The number of likely N-dealkylation sites (N-methyl/N-ethyl adjacent to an activating group) is 1. The molecule has 2 heterocycles. The molecule has 2 rings (SSSR count). The van der Waals surface area contributed by atoms with Gasteiger partial charge >= 0.3 is 0 Å². The first-order chi connectivity index (χ1) is 6.68. The maximum Gasteiger partial charge on any atom is 0.252 e. The number of carbonyl (C=O) groups is 1. The van der Waals surface area contributed by atoms with Crippen LogP contribution in [0.4, 0.5) is 0 Å². The molecular weight excluding hydrogens is 180 g/mol. The van der Waals surface area contributed by atoms with E-state index in [1.54, 1.807) is 24.5 Å². The highest BCUT2D eigenvalue weighted by atomic mass is 16.2. The summed E-state index contributed by atoms with van der Waals surface area (Å²) in [6.07, 6.45) is 3.92. The average Bonchev–Trinajstić information content (AvgIpc) is 2.73. The van der Waals surface area contributed by atoms with E-state index in [1.807, 2.05) is 6.92 Å². The van der Waals surface area contributed by atoms with Gasteiger partial charge in [-0.2, -0.15) is 0 Å². The third-order valence-electron chi connectivity index (χ3n) is 2.41. The van der Waals surface area contributed by atoms with E-state index in [-0.39, 0.29) is 11.9 Å². The molecule has 0 spiro atoms. The highest BCUT2D eigenvalue weighted by molar-refractivity contribution is 6.04. The van der Waals surface area contributed by atoms with Crippen molar-refractivity contribution in [2.75, 3.05) is 7.05 Å². The molecule has 1 N–H and O–H groups in total. The monoisotopic (exact) mass is 192 g/mol. The molecule has 14 heavy (non-hydrogen) atoms. The van der Waals surface area contributed by atoms with Crippen LogP contribution in [0.1, 0.15) is 12.6 Å². The quantitative estimate of drug-likeness (QED) is 0.728. The summed E-state index contributed by atoms with van der Waals surface area (Å²) in [5.41, 5.74) is 0.940. The topological polar surface area (TPSA) is 61.4 Å². The highest BCUT2D eigenvalue weighted by Gasteiger charge is 2.29. The van der Waals surface area contributed by atoms with Crippen LogP contribution in [0.5, 0.6) is 0 Å². The number of amides is 1. The zero-order valence-corrected chi connectivity index (χ0v) is 8.19. The summed E-state index contributed by atoms with van der Waals surface area (Å²) in [6, 6.07) is -0.277. The molecule has 74 valence electrons. The van der Waals surface area contributed by atoms with E-state index < -0.39 is 0 Å². The maximum absolute atomic E-state index is 11.6. The second kappa shape index (κ2) is 3.25. The molecule has 0 saturated heterocycles. The molecule has 5 heteroatoms. The molecule has 5 nitrogen and oxygen atoms in total. The smallest absolute Gasteiger partial charge is 0.252 e. The van der Waals surface area contributed by atoms with Gasteiger partial charge in [0, 0.05) is 25.4 Å². The molecule has 1 aliphatic rings. The minimum Gasteiger partial charge on any atom is -0.348 e. The minimum atomic E-state index is -0.277. The van der Waals surface area contributed by atoms with Crippen molar-refractivity contribution in [2.45, 2.75) is 19.4 Å². The van der Waals surface area contributed by atoms with Crippen molar-refractivity contribution in [3.63, 3.8) is 0 Å². The lowest BCUT2D eigenvalue weighted by Gasteiger charge is -2.09. The summed E-state index contributed by atoms with van der Waals surface area (Å²) in [6.45, 7) is 1.84. The molecular formula is C9H12N4O. The summed E-state index contributed by atoms with van der Waals surface area (Å²) < 4.78 is 0. The van der Waals surface area contributed by atoms with Crippen LogP contribution >= 0.6 is 0 Å². The Morgan fingerprint density at radius 3 is 2.93 bits per heavy atom. The molecule has 0 radical (unpaired) electrons. The second-order valence-corrected chi connectivity index (χ2v) is 3.37. The van der Waals surface area contributed by atoms with Crippen molar-refractivity contribution in [2.24, 2.45) is 4.99 Å². The Kier molecular flexibility index (Phi) is 2.07. The molecule has 0 fully saturated rings. The fraction of sp³-hybridized carbons (Fsp3) is 0.444. The van der Waals surface area contributed by atoms with E-state index >= 15 is 0 Å². The van der Waals surface area contributed by atoms with Gasteiger partial charge in [-0.15, -0.1) is 0 Å². The summed E-state index contributed by atoms with van der Waals surface area (Å²) in [4.78, 5) is 24.3. The van der Waals surface area contributed by atoms with Gasteiger partial charge in [0.15, 0.2) is 0 Å². The molecule has 0 aliphatic carbocycles. The number of hydrogen-bond donors (Lipinski definition) is 1. The number of amidine groups is 1. The van der Waals surface area contributed by atoms with Crippen LogP contribution < -0.4 is 0 Å². The van der Waals surface area contributed by atoms with Crippen molar-refractivity contribution in [1.29, 1.82) is 0 Å². The lowest BCUT2D eigenvalue weighted by molar-refractivity contribution is -0.126. The van der Waals surface area contributed by atoms with Crippen molar-refractivity contribution in [1.82, 2.24) is 14.9 Å². The first-order valence-electron chi connectivity index (χ1n) is 4.47. The van der Waals surface area contributed by atoms with Crippen LogP contribution in [0.2, 0.25) is 0 Å². The lowest BCUT2D eigenvalue weighted by Crippen LogP contribution is -2.31. The normalized spacial score (nSPS) is 21.6. The number of H-pyrrole nitrogens is 1. The number of hydrogen-bond acceptors (Lipinski definition) is 3.